The van der Waals surface area contributed by atoms with Gasteiger partial charge < -0.3 is 10.1 Å². The Labute approximate surface area is 117 Å². The maximum absolute atomic E-state index is 6.29. The molecule has 19 heavy (non-hydrogen) atoms. The van der Waals surface area contributed by atoms with Crippen molar-refractivity contribution in [3.63, 3.8) is 0 Å². The summed E-state index contributed by atoms with van der Waals surface area (Å²) in [6.07, 6.45) is 8.56. The smallest absolute Gasteiger partial charge is 0.139 e. The molecule has 100 valence electrons. The van der Waals surface area contributed by atoms with Gasteiger partial charge in [0, 0.05) is 23.7 Å². The van der Waals surface area contributed by atoms with Crippen LogP contribution in [0.3, 0.4) is 0 Å². The number of benzene rings is 1. The fourth-order valence-corrected chi connectivity index (χ4v) is 4.15. The lowest BCUT2D eigenvalue weighted by Gasteiger charge is -2.40. The maximum atomic E-state index is 6.29. The number of nitrogens with zero attached hydrogens (tertiary/aromatic N) is 1. The van der Waals surface area contributed by atoms with E-state index in [1.54, 1.807) is 0 Å². The third-order valence-electron chi connectivity index (χ3n) is 4.31. The van der Waals surface area contributed by atoms with Crippen LogP contribution in [0.4, 0.5) is 0 Å². The van der Waals surface area contributed by atoms with E-state index in [0.29, 0.717) is 18.2 Å². The Morgan fingerprint density at radius 3 is 2.89 bits per heavy atom. The van der Waals surface area contributed by atoms with Crippen molar-refractivity contribution in [2.75, 3.05) is 0 Å². The Kier molecular flexibility index (Phi) is 2.93. The monoisotopic (exact) mass is 274 g/mol. The molecule has 3 nitrogen and oxygen atoms in total. The Bertz CT molecular complexity index is 570. The fraction of sp³-hybridized carbons (Fsp3) is 0.533. The number of fused-ring (bicyclic) bond motifs is 3. The van der Waals surface area contributed by atoms with E-state index in [9.17, 15) is 0 Å². The minimum atomic E-state index is 0.365. The van der Waals surface area contributed by atoms with Crippen LogP contribution in [-0.2, 0) is 0 Å². The van der Waals surface area contributed by atoms with E-state index in [-0.39, 0.29) is 0 Å². The van der Waals surface area contributed by atoms with Crippen LogP contribution in [0.15, 0.2) is 24.4 Å². The Hall–Kier alpha value is -1.13. The van der Waals surface area contributed by atoms with Gasteiger partial charge in [0.15, 0.2) is 0 Å². The van der Waals surface area contributed by atoms with Crippen molar-refractivity contribution in [1.29, 1.82) is 0 Å². The average molecular weight is 274 g/mol. The molecule has 2 bridgehead atoms. The van der Waals surface area contributed by atoms with E-state index < -0.39 is 0 Å². The number of hydrogen-bond donors (Lipinski definition) is 1. The molecule has 1 unspecified atom stereocenters. The summed E-state index contributed by atoms with van der Waals surface area (Å²) in [7, 11) is 0. The first-order valence-electron chi connectivity index (χ1n) is 7.14. The lowest BCUT2D eigenvalue weighted by atomic mass is 9.85. The van der Waals surface area contributed by atoms with Crippen LogP contribution in [0.1, 0.15) is 32.1 Å². The van der Waals surface area contributed by atoms with Crippen LogP contribution in [0.5, 0.6) is 5.75 Å². The largest absolute Gasteiger partial charge is 0.489 e. The molecule has 0 saturated carbocycles. The van der Waals surface area contributed by atoms with Crippen molar-refractivity contribution in [1.82, 2.24) is 9.69 Å². The van der Waals surface area contributed by atoms with Gasteiger partial charge in [-0.25, -0.2) is 0 Å². The first-order chi connectivity index (χ1) is 9.38. The molecule has 1 aromatic heterocycles. The molecule has 4 rings (SSSR count). The molecule has 2 aliphatic heterocycles. The average Bonchev–Trinajstić information content (AvgIpc) is 2.88. The van der Waals surface area contributed by atoms with Crippen LogP contribution in [0.2, 0.25) is 0 Å². The van der Waals surface area contributed by atoms with E-state index in [2.05, 4.69) is 27.9 Å². The lowest BCUT2D eigenvalue weighted by Crippen LogP contribution is -2.51. The van der Waals surface area contributed by atoms with Gasteiger partial charge in [-0.05, 0) is 43.3 Å². The minimum absolute atomic E-state index is 0.365. The van der Waals surface area contributed by atoms with Gasteiger partial charge in [0.1, 0.15) is 11.9 Å². The Morgan fingerprint density at radius 2 is 2.05 bits per heavy atom. The first-order valence-corrected chi connectivity index (χ1v) is 7.92. The van der Waals surface area contributed by atoms with Crippen LogP contribution in [0.25, 0.3) is 10.1 Å². The molecule has 1 N–H and O–H groups in total. The number of ether oxygens (including phenoxy) is 1. The molecule has 0 spiro atoms. The zero-order valence-electron chi connectivity index (χ0n) is 10.8. The van der Waals surface area contributed by atoms with Crippen LogP contribution in [-0.4, -0.2) is 22.6 Å². The van der Waals surface area contributed by atoms with Crippen LogP contribution in [0, 0.1) is 0 Å². The highest BCUT2D eigenvalue weighted by molar-refractivity contribution is 7.13. The van der Waals surface area contributed by atoms with Crippen LogP contribution < -0.4 is 10.1 Å². The van der Waals surface area contributed by atoms with E-state index in [1.165, 1.54) is 40.9 Å². The highest BCUT2D eigenvalue weighted by Crippen LogP contribution is 2.33. The quantitative estimate of drug-likeness (QED) is 0.912. The van der Waals surface area contributed by atoms with Gasteiger partial charge >= 0.3 is 0 Å². The Morgan fingerprint density at radius 1 is 1.21 bits per heavy atom. The van der Waals surface area contributed by atoms with E-state index in [0.717, 1.165) is 18.6 Å². The van der Waals surface area contributed by atoms with E-state index in [4.69, 9.17) is 4.74 Å². The summed E-state index contributed by atoms with van der Waals surface area (Å²) < 4.78 is 11.7. The van der Waals surface area contributed by atoms with Gasteiger partial charge in [0.05, 0.1) is 4.70 Å². The van der Waals surface area contributed by atoms with Gasteiger partial charge in [0.2, 0.25) is 0 Å². The Balaban J connectivity index is 1.56. The SMILES string of the molecule is c1cc(OC2C[C@H]3CCC[C@@H](C2)N3)c2sncc2c1. The number of nitrogens with one attached hydrogen (secondary N) is 1. The number of aromatic nitrogens is 1. The van der Waals surface area contributed by atoms with Crippen molar-refractivity contribution < 1.29 is 4.74 Å². The molecule has 1 aromatic carbocycles. The highest BCUT2D eigenvalue weighted by Gasteiger charge is 2.32. The van der Waals surface area contributed by atoms with Crippen molar-refractivity contribution >= 4 is 21.6 Å². The van der Waals surface area contributed by atoms with Gasteiger partial charge in [-0.1, -0.05) is 18.6 Å². The van der Waals surface area contributed by atoms with Gasteiger partial charge in [-0.15, -0.1) is 0 Å². The molecule has 0 radical (unpaired) electrons. The van der Waals surface area contributed by atoms with E-state index >= 15 is 0 Å². The second kappa shape index (κ2) is 4.76. The van der Waals surface area contributed by atoms with E-state index in [1.807, 2.05) is 6.20 Å². The molecule has 4 heteroatoms. The molecule has 3 atom stereocenters. The summed E-state index contributed by atoms with van der Waals surface area (Å²) in [5, 5.41) is 4.90. The molecule has 0 aliphatic carbocycles. The second-order valence-electron chi connectivity index (χ2n) is 5.70. The molecular formula is C15H18N2OS. The zero-order valence-corrected chi connectivity index (χ0v) is 11.7. The zero-order chi connectivity index (χ0) is 12.7. The number of rotatable bonds is 2. The van der Waals surface area contributed by atoms with Gasteiger partial charge in [-0.3, -0.25) is 0 Å². The molecule has 2 saturated heterocycles. The third kappa shape index (κ3) is 2.23. The predicted molar refractivity (Wildman–Crippen MR) is 77.8 cm³/mol. The molecule has 0 amide bonds. The van der Waals surface area contributed by atoms with Gasteiger partial charge in [0.25, 0.3) is 0 Å². The fourth-order valence-electron chi connectivity index (χ4n) is 3.45. The minimum Gasteiger partial charge on any atom is -0.489 e. The van der Waals surface area contributed by atoms with Gasteiger partial charge in [-0.2, -0.15) is 4.37 Å². The summed E-state index contributed by atoms with van der Waals surface area (Å²) in [5.74, 6) is 1.02. The first kappa shape index (κ1) is 11.7. The van der Waals surface area contributed by atoms with Crippen molar-refractivity contribution in [3.8, 4) is 5.75 Å². The van der Waals surface area contributed by atoms with Crippen molar-refractivity contribution in [2.24, 2.45) is 0 Å². The molecular weight excluding hydrogens is 256 g/mol. The molecule has 3 heterocycles. The summed E-state index contributed by atoms with van der Waals surface area (Å²) in [4.78, 5) is 0. The normalized spacial score (nSPS) is 30.4. The lowest BCUT2D eigenvalue weighted by molar-refractivity contribution is 0.0941. The molecule has 2 aliphatic rings. The number of hydrogen-bond acceptors (Lipinski definition) is 4. The molecule has 2 aromatic rings. The maximum Gasteiger partial charge on any atom is 0.139 e. The summed E-state index contributed by atoms with van der Waals surface area (Å²) in [5.41, 5.74) is 0. The standard InChI is InChI=1S/C15H18N2OS/c1-3-10-9-16-19-15(10)14(6-1)18-13-7-11-4-2-5-12(8-13)17-11/h1,3,6,9,11-13,17H,2,4-5,7-8H2/t11-,12+,13?. The number of piperidine rings is 2. The summed E-state index contributed by atoms with van der Waals surface area (Å²) in [6.45, 7) is 0. The topological polar surface area (TPSA) is 34.1 Å². The predicted octanol–water partition coefficient (Wildman–Crippen LogP) is 3.35. The second-order valence-corrected chi connectivity index (χ2v) is 6.50. The van der Waals surface area contributed by atoms with Crippen LogP contribution >= 0.6 is 11.5 Å². The highest BCUT2D eigenvalue weighted by atomic mass is 32.1. The van der Waals surface area contributed by atoms with Crippen molar-refractivity contribution in [2.45, 2.75) is 50.3 Å². The third-order valence-corrected chi connectivity index (χ3v) is 5.14. The molecule has 2 fully saturated rings. The summed E-state index contributed by atoms with van der Waals surface area (Å²) in [6, 6.07) is 7.58. The van der Waals surface area contributed by atoms with Crippen molar-refractivity contribution in [3.05, 3.63) is 24.4 Å². The summed E-state index contributed by atoms with van der Waals surface area (Å²) >= 11 is 1.53.